The van der Waals surface area contributed by atoms with Crippen molar-refractivity contribution in [2.24, 2.45) is 5.92 Å². The van der Waals surface area contributed by atoms with Crippen LogP contribution in [0.25, 0.3) is 0 Å². The molecule has 0 radical (unpaired) electrons. The molecule has 3 heteroatoms. The van der Waals surface area contributed by atoms with Crippen LogP contribution in [0.1, 0.15) is 52.9 Å². The highest BCUT2D eigenvalue weighted by molar-refractivity contribution is 9.10. The standard InChI is InChI=1S/C13H24BrNO/c1-4-11-8-6-5-7-9-15(11)13(16)12(14)10(2)3/h10-12H,4-9H2,1-3H3. The van der Waals surface area contributed by atoms with Crippen LogP contribution >= 0.6 is 15.9 Å². The van der Waals surface area contributed by atoms with Crippen LogP contribution in [0.2, 0.25) is 0 Å². The molecule has 0 aromatic carbocycles. The summed E-state index contributed by atoms with van der Waals surface area (Å²) >= 11 is 3.53. The maximum atomic E-state index is 12.3. The average Bonchev–Trinajstić information content (AvgIpc) is 2.51. The molecule has 1 aliphatic heterocycles. The van der Waals surface area contributed by atoms with Crippen molar-refractivity contribution in [3.8, 4) is 0 Å². The third-order valence-corrected chi connectivity index (χ3v) is 4.90. The largest absolute Gasteiger partial charge is 0.339 e. The Morgan fingerprint density at radius 2 is 2.06 bits per heavy atom. The summed E-state index contributed by atoms with van der Waals surface area (Å²) < 4.78 is 0. The van der Waals surface area contributed by atoms with Crippen LogP contribution in [-0.2, 0) is 4.79 Å². The zero-order valence-electron chi connectivity index (χ0n) is 10.7. The lowest BCUT2D eigenvalue weighted by Gasteiger charge is -2.32. The minimum Gasteiger partial charge on any atom is -0.339 e. The minimum atomic E-state index is -0.0142. The Balaban J connectivity index is 2.69. The molecule has 1 heterocycles. The molecule has 0 spiro atoms. The van der Waals surface area contributed by atoms with Crippen LogP contribution in [0.5, 0.6) is 0 Å². The van der Waals surface area contributed by atoms with E-state index < -0.39 is 0 Å². The van der Waals surface area contributed by atoms with Gasteiger partial charge in [0.25, 0.3) is 0 Å². The first-order valence-corrected chi connectivity index (χ1v) is 7.44. The van der Waals surface area contributed by atoms with Crippen molar-refractivity contribution in [2.75, 3.05) is 6.54 Å². The lowest BCUT2D eigenvalue weighted by Crippen LogP contribution is -2.44. The Kier molecular flexibility index (Phi) is 5.81. The maximum absolute atomic E-state index is 12.3. The lowest BCUT2D eigenvalue weighted by atomic mass is 10.1. The predicted molar refractivity (Wildman–Crippen MR) is 71.8 cm³/mol. The van der Waals surface area contributed by atoms with Crippen LogP contribution in [0.3, 0.4) is 0 Å². The van der Waals surface area contributed by atoms with Gasteiger partial charge in [0.05, 0.1) is 4.83 Å². The highest BCUT2D eigenvalue weighted by Crippen LogP contribution is 2.23. The van der Waals surface area contributed by atoms with Crippen molar-refractivity contribution >= 4 is 21.8 Å². The molecule has 0 N–H and O–H groups in total. The van der Waals surface area contributed by atoms with Crippen molar-refractivity contribution in [1.29, 1.82) is 0 Å². The Labute approximate surface area is 108 Å². The summed E-state index contributed by atoms with van der Waals surface area (Å²) in [6, 6.07) is 0.466. The van der Waals surface area contributed by atoms with Gasteiger partial charge in [-0.1, -0.05) is 49.5 Å². The molecule has 2 unspecified atom stereocenters. The van der Waals surface area contributed by atoms with E-state index in [-0.39, 0.29) is 4.83 Å². The summed E-state index contributed by atoms with van der Waals surface area (Å²) in [7, 11) is 0. The first-order valence-electron chi connectivity index (χ1n) is 6.52. The summed E-state index contributed by atoms with van der Waals surface area (Å²) in [4.78, 5) is 14.4. The fraction of sp³-hybridized carbons (Fsp3) is 0.923. The second-order valence-electron chi connectivity index (χ2n) is 5.09. The molecule has 0 aliphatic carbocycles. The highest BCUT2D eigenvalue weighted by Gasteiger charge is 2.29. The molecule has 0 saturated carbocycles. The molecule has 1 aliphatic rings. The van der Waals surface area contributed by atoms with Gasteiger partial charge in [0.2, 0.25) is 5.91 Å². The van der Waals surface area contributed by atoms with E-state index in [2.05, 4.69) is 41.6 Å². The van der Waals surface area contributed by atoms with E-state index in [0.717, 1.165) is 13.0 Å². The Morgan fingerprint density at radius 1 is 1.38 bits per heavy atom. The number of hydrogen-bond donors (Lipinski definition) is 0. The van der Waals surface area contributed by atoms with Gasteiger partial charge in [0.15, 0.2) is 0 Å². The predicted octanol–water partition coefficient (Wildman–Crippen LogP) is 3.59. The molecule has 1 rings (SSSR count). The number of halogens is 1. The second kappa shape index (κ2) is 6.63. The van der Waals surface area contributed by atoms with Gasteiger partial charge >= 0.3 is 0 Å². The van der Waals surface area contributed by atoms with Crippen molar-refractivity contribution < 1.29 is 4.79 Å². The van der Waals surface area contributed by atoms with Gasteiger partial charge in [-0.3, -0.25) is 4.79 Å². The summed E-state index contributed by atoms with van der Waals surface area (Å²) in [5.41, 5.74) is 0. The van der Waals surface area contributed by atoms with E-state index in [4.69, 9.17) is 0 Å². The molecule has 94 valence electrons. The maximum Gasteiger partial charge on any atom is 0.236 e. The summed E-state index contributed by atoms with van der Waals surface area (Å²) in [5, 5.41) is 0. The fourth-order valence-corrected chi connectivity index (χ4v) is 2.60. The molecule has 1 saturated heterocycles. The molecule has 0 aromatic rings. The summed E-state index contributed by atoms with van der Waals surface area (Å²) in [5.74, 6) is 0.664. The highest BCUT2D eigenvalue weighted by atomic mass is 79.9. The van der Waals surface area contributed by atoms with E-state index in [1.807, 2.05) is 0 Å². The smallest absolute Gasteiger partial charge is 0.236 e. The van der Waals surface area contributed by atoms with Crippen molar-refractivity contribution in [3.63, 3.8) is 0 Å². The van der Waals surface area contributed by atoms with Gasteiger partial charge in [-0.25, -0.2) is 0 Å². The van der Waals surface area contributed by atoms with Gasteiger partial charge in [-0.05, 0) is 25.2 Å². The molecule has 0 aromatic heterocycles. The molecular formula is C13H24BrNO. The van der Waals surface area contributed by atoms with Crippen LogP contribution in [0.4, 0.5) is 0 Å². The SMILES string of the molecule is CCC1CCCCCN1C(=O)C(Br)C(C)C. The first kappa shape index (κ1) is 14.0. The molecule has 1 amide bonds. The second-order valence-corrected chi connectivity index (χ2v) is 6.08. The van der Waals surface area contributed by atoms with Crippen LogP contribution < -0.4 is 0 Å². The first-order chi connectivity index (χ1) is 7.57. The zero-order valence-corrected chi connectivity index (χ0v) is 12.3. The summed E-state index contributed by atoms with van der Waals surface area (Å²) in [6.07, 6.45) is 5.98. The Bertz CT molecular complexity index is 230. The van der Waals surface area contributed by atoms with Crippen LogP contribution in [0, 0.1) is 5.92 Å². The van der Waals surface area contributed by atoms with Crippen LogP contribution in [-0.4, -0.2) is 28.2 Å². The quantitative estimate of drug-likeness (QED) is 0.727. The number of carbonyl (C=O) groups excluding carboxylic acids is 1. The van der Waals surface area contributed by atoms with Crippen molar-refractivity contribution in [2.45, 2.75) is 63.7 Å². The zero-order chi connectivity index (χ0) is 12.1. The average molecular weight is 290 g/mol. The number of hydrogen-bond acceptors (Lipinski definition) is 1. The minimum absolute atomic E-state index is 0.0142. The third-order valence-electron chi connectivity index (χ3n) is 3.45. The normalized spacial score (nSPS) is 24.3. The van der Waals surface area contributed by atoms with Crippen LogP contribution in [0.15, 0.2) is 0 Å². The van der Waals surface area contributed by atoms with Gasteiger partial charge in [0, 0.05) is 12.6 Å². The monoisotopic (exact) mass is 289 g/mol. The number of alkyl halides is 1. The number of carbonyl (C=O) groups is 1. The van der Waals surface area contributed by atoms with Crippen molar-refractivity contribution in [1.82, 2.24) is 4.90 Å². The van der Waals surface area contributed by atoms with E-state index in [0.29, 0.717) is 17.9 Å². The fourth-order valence-electron chi connectivity index (χ4n) is 2.34. The summed E-state index contributed by atoms with van der Waals surface area (Å²) in [6.45, 7) is 7.33. The van der Waals surface area contributed by atoms with Gasteiger partial charge < -0.3 is 4.90 Å². The van der Waals surface area contributed by atoms with Crippen molar-refractivity contribution in [3.05, 3.63) is 0 Å². The van der Waals surface area contributed by atoms with E-state index in [1.54, 1.807) is 0 Å². The van der Waals surface area contributed by atoms with E-state index in [1.165, 1.54) is 25.7 Å². The Hall–Kier alpha value is -0.0500. The molecule has 0 bridgehead atoms. The molecule has 2 atom stereocenters. The molecule has 1 fully saturated rings. The lowest BCUT2D eigenvalue weighted by molar-refractivity contribution is -0.133. The number of nitrogens with zero attached hydrogens (tertiary/aromatic N) is 1. The Morgan fingerprint density at radius 3 is 2.62 bits per heavy atom. The number of rotatable bonds is 3. The topological polar surface area (TPSA) is 20.3 Å². The van der Waals surface area contributed by atoms with Gasteiger partial charge in [-0.15, -0.1) is 0 Å². The molecule has 16 heavy (non-hydrogen) atoms. The van der Waals surface area contributed by atoms with E-state index >= 15 is 0 Å². The molecular weight excluding hydrogens is 266 g/mol. The molecule has 2 nitrogen and oxygen atoms in total. The van der Waals surface area contributed by atoms with Gasteiger partial charge in [0.1, 0.15) is 0 Å². The number of amides is 1. The third kappa shape index (κ3) is 3.47. The van der Waals surface area contributed by atoms with E-state index in [9.17, 15) is 4.79 Å². The van der Waals surface area contributed by atoms with Gasteiger partial charge in [-0.2, -0.15) is 0 Å². The number of likely N-dealkylation sites (tertiary alicyclic amines) is 1.